The van der Waals surface area contributed by atoms with Crippen molar-refractivity contribution >= 4 is 15.5 Å². The van der Waals surface area contributed by atoms with Crippen LogP contribution in [0.1, 0.15) is 57.6 Å². The van der Waals surface area contributed by atoms with Gasteiger partial charge in [0.05, 0.1) is 34.4 Å². The maximum Gasteiger partial charge on any atom is 0.155 e. The van der Waals surface area contributed by atoms with E-state index < -0.39 is 14.6 Å². The number of aliphatic imine (C=N–C) groups is 1. The third-order valence-corrected chi connectivity index (χ3v) is 8.58. The van der Waals surface area contributed by atoms with Crippen molar-refractivity contribution in [2.45, 2.75) is 51.2 Å². The summed E-state index contributed by atoms with van der Waals surface area (Å²) in [5.41, 5.74) is 3.95. The van der Waals surface area contributed by atoms with Gasteiger partial charge in [-0.15, -0.1) is 0 Å². The van der Waals surface area contributed by atoms with Gasteiger partial charge in [0.1, 0.15) is 0 Å². The topological polar surface area (TPSA) is 70.3 Å². The molecular weight excluding hydrogens is 356 g/mol. The Morgan fingerprint density at radius 3 is 2.52 bits per heavy atom. The number of benzene rings is 1. The summed E-state index contributed by atoms with van der Waals surface area (Å²) in [6.45, 7) is 6.09. The molecule has 4 nitrogen and oxygen atoms in total. The van der Waals surface area contributed by atoms with E-state index >= 15 is 0 Å². The second-order valence-corrected chi connectivity index (χ2v) is 11.5. The lowest BCUT2D eigenvalue weighted by atomic mass is 9.79. The summed E-state index contributed by atoms with van der Waals surface area (Å²) in [6, 6.07) is 9.74. The first-order chi connectivity index (χ1) is 12.7. The Hall–Kier alpha value is -1.93. The third-order valence-electron chi connectivity index (χ3n) is 5.80. The molecule has 27 heavy (non-hydrogen) atoms. The summed E-state index contributed by atoms with van der Waals surface area (Å²) < 4.78 is 24.2. The first kappa shape index (κ1) is 19.8. The summed E-state index contributed by atoms with van der Waals surface area (Å²) in [7, 11) is -3.05. The third kappa shape index (κ3) is 4.50. The molecule has 5 heteroatoms. The maximum absolute atomic E-state index is 12.5. The standard InChI is InChI=1S/C22H28N2O2S/c1-22(2,3)27(25,26)15-16-7-9-18(10-8-16)20-12-21(24-14-20)19-6-4-5-17(11-19)13-23/h4-6,11-12,16,18H,7-10,14-15H2,1-3H3. The van der Waals surface area contributed by atoms with Crippen LogP contribution >= 0.6 is 0 Å². The molecule has 1 aliphatic heterocycles. The molecule has 1 saturated carbocycles. The van der Waals surface area contributed by atoms with Crippen molar-refractivity contribution in [2.24, 2.45) is 16.8 Å². The Balaban J connectivity index is 1.60. The number of nitrogens with zero attached hydrogens (tertiary/aromatic N) is 2. The summed E-state index contributed by atoms with van der Waals surface area (Å²) in [6.07, 6.45) is 6.19. The predicted octanol–water partition coefficient (Wildman–Crippen LogP) is 4.31. The fraction of sp³-hybridized carbons (Fsp3) is 0.545. The Bertz CT molecular complexity index is 906. The lowest BCUT2D eigenvalue weighted by molar-refractivity contribution is 0.319. The van der Waals surface area contributed by atoms with E-state index in [1.165, 1.54) is 5.57 Å². The number of hydrogen-bond donors (Lipinski definition) is 0. The highest BCUT2D eigenvalue weighted by Crippen LogP contribution is 2.36. The van der Waals surface area contributed by atoms with E-state index in [0.717, 1.165) is 43.5 Å². The first-order valence-corrected chi connectivity index (χ1v) is 11.3. The number of sulfone groups is 1. The van der Waals surface area contributed by atoms with Crippen LogP contribution in [0.15, 0.2) is 40.9 Å². The second-order valence-electron chi connectivity index (χ2n) is 8.72. The number of allylic oxidation sites excluding steroid dienone is 1. The molecule has 1 fully saturated rings. The van der Waals surface area contributed by atoms with Gasteiger partial charge in [-0.25, -0.2) is 8.42 Å². The van der Waals surface area contributed by atoms with Gasteiger partial charge < -0.3 is 0 Å². The zero-order valence-electron chi connectivity index (χ0n) is 16.4. The molecule has 2 aliphatic rings. The minimum Gasteiger partial charge on any atom is -0.280 e. The van der Waals surface area contributed by atoms with Gasteiger partial charge in [0, 0.05) is 5.56 Å². The molecule has 0 atom stereocenters. The molecule has 3 rings (SSSR count). The molecule has 0 saturated heterocycles. The van der Waals surface area contributed by atoms with Gasteiger partial charge in [-0.2, -0.15) is 5.26 Å². The number of nitriles is 1. The molecule has 0 bridgehead atoms. The summed E-state index contributed by atoms with van der Waals surface area (Å²) in [4.78, 5) is 4.67. The van der Waals surface area contributed by atoms with Crippen molar-refractivity contribution in [2.75, 3.05) is 12.3 Å². The lowest BCUT2D eigenvalue weighted by Crippen LogP contribution is -2.34. The largest absolute Gasteiger partial charge is 0.280 e. The number of rotatable bonds is 4. The Morgan fingerprint density at radius 1 is 1.19 bits per heavy atom. The molecule has 1 aliphatic carbocycles. The molecule has 0 spiro atoms. The van der Waals surface area contributed by atoms with Crippen molar-refractivity contribution < 1.29 is 8.42 Å². The van der Waals surface area contributed by atoms with E-state index in [0.29, 0.717) is 17.2 Å². The Labute approximate surface area is 162 Å². The van der Waals surface area contributed by atoms with Gasteiger partial charge in [-0.3, -0.25) is 4.99 Å². The molecule has 0 radical (unpaired) electrons. The van der Waals surface area contributed by atoms with E-state index in [4.69, 9.17) is 5.26 Å². The van der Waals surface area contributed by atoms with Crippen LogP contribution in [0, 0.1) is 23.2 Å². The molecule has 0 aromatic heterocycles. The minimum atomic E-state index is -3.05. The fourth-order valence-electron chi connectivity index (χ4n) is 3.87. The number of hydrogen-bond acceptors (Lipinski definition) is 4. The average Bonchev–Trinajstić information content (AvgIpc) is 3.11. The van der Waals surface area contributed by atoms with Gasteiger partial charge in [0.2, 0.25) is 0 Å². The van der Waals surface area contributed by atoms with Crippen molar-refractivity contribution in [3.8, 4) is 6.07 Å². The van der Waals surface area contributed by atoms with Crippen molar-refractivity contribution in [3.05, 3.63) is 47.0 Å². The van der Waals surface area contributed by atoms with Crippen LogP contribution in [0.3, 0.4) is 0 Å². The van der Waals surface area contributed by atoms with Crippen LogP contribution < -0.4 is 0 Å². The first-order valence-electron chi connectivity index (χ1n) is 9.67. The molecule has 144 valence electrons. The maximum atomic E-state index is 12.5. The SMILES string of the molecule is CC(C)(C)S(=O)(=O)CC1CCC(C2=CC(c3cccc(C#N)c3)=NC2)CC1. The molecule has 0 N–H and O–H groups in total. The Morgan fingerprint density at radius 2 is 1.89 bits per heavy atom. The van der Waals surface area contributed by atoms with Crippen LogP contribution in [0.5, 0.6) is 0 Å². The fourth-order valence-corrected chi connectivity index (χ4v) is 5.33. The lowest BCUT2D eigenvalue weighted by Gasteiger charge is -2.31. The van der Waals surface area contributed by atoms with Gasteiger partial charge >= 0.3 is 0 Å². The van der Waals surface area contributed by atoms with Crippen molar-refractivity contribution in [1.82, 2.24) is 0 Å². The van der Waals surface area contributed by atoms with Gasteiger partial charge in [0.15, 0.2) is 9.84 Å². The van der Waals surface area contributed by atoms with E-state index in [2.05, 4.69) is 17.1 Å². The highest BCUT2D eigenvalue weighted by atomic mass is 32.2. The highest BCUT2D eigenvalue weighted by molar-refractivity contribution is 7.92. The molecule has 1 aromatic rings. The quantitative estimate of drug-likeness (QED) is 0.777. The van der Waals surface area contributed by atoms with Crippen molar-refractivity contribution in [1.29, 1.82) is 5.26 Å². The second kappa shape index (κ2) is 7.59. The van der Waals surface area contributed by atoms with Gasteiger partial charge in [-0.1, -0.05) is 12.1 Å². The van der Waals surface area contributed by atoms with Gasteiger partial charge in [0.25, 0.3) is 0 Å². The zero-order chi connectivity index (χ0) is 19.7. The average molecular weight is 385 g/mol. The zero-order valence-corrected chi connectivity index (χ0v) is 17.2. The van der Waals surface area contributed by atoms with Crippen LogP contribution in [-0.4, -0.2) is 31.2 Å². The summed E-state index contributed by atoms with van der Waals surface area (Å²) in [5, 5.41) is 9.07. The van der Waals surface area contributed by atoms with Crippen LogP contribution in [0.25, 0.3) is 0 Å². The van der Waals surface area contributed by atoms with Crippen LogP contribution in [-0.2, 0) is 9.84 Å². The predicted molar refractivity (Wildman–Crippen MR) is 110 cm³/mol. The molecule has 0 amide bonds. The van der Waals surface area contributed by atoms with E-state index in [1.54, 1.807) is 26.8 Å². The molecule has 1 heterocycles. The summed E-state index contributed by atoms with van der Waals surface area (Å²) >= 11 is 0. The Kier molecular flexibility index (Phi) is 5.58. The van der Waals surface area contributed by atoms with Crippen molar-refractivity contribution in [3.63, 3.8) is 0 Å². The summed E-state index contributed by atoms with van der Waals surface area (Å²) in [5.74, 6) is 1.09. The van der Waals surface area contributed by atoms with E-state index in [1.807, 2.05) is 18.2 Å². The molecule has 1 aromatic carbocycles. The minimum absolute atomic E-state index is 0.278. The van der Waals surface area contributed by atoms with E-state index in [9.17, 15) is 8.42 Å². The smallest absolute Gasteiger partial charge is 0.155 e. The molecule has 0 unspecified atom stereocenters. The van der Waals surface area contributed by atoms with Crippen LogP contribution in [0.2, 0.25) is 0 Å². The molecular formula is C22H28N2O2S. The van der Waals surface area contributed by atoms with E-state index in [-0.39, 0.29) is 5.92 Å². The van der Waals surface area contributed by atoms with Crippen LogP contribution in [0.4, 0.5) is 0 Å². The monoisotopic (exact) mass is 384 g/mol. The normalized spacial score (nSPS) is 23.5. The highest BCUT2D eigenvalue weighted by Gasteiger charge is 2.34. The van der Waals surface area contributed by atoms with Gasteiger partial charge in [-0.05, 0) is 82.1 Å².